The fraction of sp³-hybridized carbons (Fsp3) is 0.500. The van der Waals surface area contributed by atoms with E-state index in [0.29, 0.717) is 17.1 Å². The molecule has 0 unspecified atom stereocenters. The van der Waals surface area contributed by atoms with Crippen molar-refractivity contribution in [3.63, 3.8) is 0 Å². The maximum absolute atomic E-state index is 12.2. The molecule has 104 valence electrons. The first-order valence-electron chi connectivity index (χ1n) is 6.15. The van der Waals surface area contributed by atoms with Crippen LogP contribution < -0.4 is 14.8 Å². The Hall–Kier alpha value is -1.75. The van der Waals surface area contributed by atoms with Gasteiger partial charge in [0, 0.05) is 5.56 Å². The third-order valence-corrected chi connectivity index (χ3v) is 3.59. The van der Waals surface area contributed by atoms with Crippen LogP contribution in [0.15, 0.2) is 18.2 Å². The van der Waals surface area contributed by atoms with Gasteiger partial charge in [0.25, 0.3) is 5.91 Å². The SMILES string of the molecule is CC(C)(O)C(C)(C)NC(=O)c1ccc2c(c1)OCO2. The molecule has 0 aliphatic carbocycles. The lowest BCUT2D eigenvalue weighted by molar-refractivity contribution is -0.00293. The lowest BCUT2D eigenvalue weighted by atomic mass is 9.85. The number of amides is 1. The van der Waals surface area contributed by atoms with Gasteiger partial charge in [0.05, 0.1) is 11.1 Å². The van der Waals surface area contributed by atoms with Crippen LogP contribution in [0.1, 0.15) is 38.1 Å². The first-order valence-corrected chi connectivity index (χ1v) is 6.15. The Morgan fingerprint density at radius 3 is 2.47 bits per heavy atom. The summed E-state index contributed by atoms with van der Waals surface area (Å²) in [4.78, 5) is 12.2. The Kier molecular flexibility index (Phi) is 3.18. The van der Waals surface area contributed by atoms with E-state index >= 15 is 0 Å². The number of rotatable bonds is 3. The van der Waals surface area contributed by atoms with Crippen molar-refractivity contribution in [1.82, 2.24) is 5.32 Å². The van der Waals surface area contributed by atoms with Gasteiger partial charge in [-0.1, -0.05) is 0 Å². The van der Waals surface area contributed by atoms with Gasteiger partial charge in [-0.05, 0) is 45.9 Å². The molecule has 19 heavy (non-hydrogen) atoms. The van der Waals surface area contributed by atoms with E-state index in [4.69, 9.17) is 9.47 Å². The molecule has 1 amide bonds. The number of benzene rings is 1. The molecule has 5 heteroatoms. The Labute approximate surface area is 112 Å². The van der Waals surface area contributed by atoms with Crippen LogP contribution >= 0.6 is 0 Å². The van der Waals surface area contributed by atoms with Crippen molar-refractivity contribution in [2.24, 2.45) is 0 Å². The van der Waals surface area contributed by atoms with Crippen molar-refractivity contribution in [3.8, 4) is 11.5 Å². The number of aliphatic hydroxyl groups is 1. The molecule has 2 rings (SSSR count). The Morgan fingerprint density at radius 2 is 1.84 bits per heavy atom. The maximum atomic E-state index is 12.2. The molecular formula is C14H19NO4. The summed E-state index contributed by atoms with van der Waals surface area (Å²) in [5.74, 6) is 0.942. The zero-order valence-electron chi connectivity index (χ0n) is 11.6. The van der Waals surface area contributed by atoms with E-state index in [0.717, 1.165) is 0 Å². The van der Waals surface area contributed by atoms with Crippen LogP contribution in [0.25, 0.3) is 0 Å². The molecule has 1 aliphatic rings. The first kappa shape index (κ1) is 13.7. The highest BCUT2D eigenvalue weighted by Crippen LogP contribution is 2.32. The highest BCUT2D eigenvalue weighted by Gasteiger charge is 2.36. The summed E-state index contributed by atoms with van der Waals surface area (Å²) >= 11 is 0. The van der Waals surface area contributed by atoms with Gasteiger partial charge >= 0.3 is 0 Å². The highest BCUT2D eigenvalue weighted by atomic mass is 16.7. The summed E-state index contributed by atoms with van der Waals surface area (Å²) in [6.07, 6.45) is 0. The summed E-state index contributed by atoms with van der Waals surface area (Å²) in [6.45, 7) is 7.05. The van der Waals surface area contributed by atoms with Gasteiger partial charge in [-0.3, -0.25) is 4.79 Å². The molecule has 1 aliphatic heterocycles. The van der Waals surface area contributed by atoms with E-state index in [1.54, 1.807) is 45.9 Å². The summed E-state index contributed by atoms with van der Waals surface area (Å²) < 4.78 is 10.4. The monoisotopic (exact) mass is 265 g/mol. The summed E-state index contributed by atoms with van der Waals surface area (Å²) in [6, 6.07) is 5.01. The second-order valence-electron chi connectivity index (χ2n) is 5.71. The van der Waals surface area contributed by atoms with E-state index in [1.165, 1.54) is 0 Å². The molecule has 2 N–H and O–H groups in total. The van der Waals surface area contributed by atoms with Gasteiger partial charge in [-0.2, -0.15) is 0 Å². The third-order valence-electron chi connectivity index (χ3n) is 3.59. The second-order valence-corrected chi connectivity index (χ2v) is 5.71. The predicted molar refractivity (Wildman–Crippen MR) is 70.4 cm³/mol. The van der Waals surface area contributed by atoms with Crippen molar-refractivity contribution in [2.75, 3.05) is 6.79 Å². The van der Waals surface area contributed by atoms with Crippen LogP contribution in [0, 0.1) is 0 Å². The largest absolute Gasteiger partial charge is 0.454 e. The van der Waals surface area contributed by atoms with Gasteiger partial charge in [0.2, 0.25) is 6.79 Å². The molecule has 0 spiro atoms. The minimum Gasteiger partial charge on any atom is -0.454 e. The van der Waals surface area contributed by atoms with Crippen molar-refractivity contribution in [2.45, 2.75) is 38.8 Å². The van der Waals surface area contributed by atoms with Crippen LogP contribution in [0.3, 0.4) is 0 Å². The van der Waals surface area contributed by atoms with Crippen molar-refractivity contribution in [3.05, 3.63) is 23.8 Å². The average Bonchev–Trinajstić information content (AvgIpc) is 2.73. The molecule has 1 heterocycles. The molecule has 1 aromatic rings. The van der Waals surface area contributed by atoms with Crippen molar-refractivity contribution in [1.29, 1.82) is 0 Å². The van der Waals surface area contributed by atoms with Crippen LogP contribution in [-0.2, 0) is 0 Å². The van der Waals surface area contributed by atoms with Crippen LogP contribution in [0.4, 0.5) is 0 Å². The average molecular weight is 265 g/mol. The number of fused-ring (bicyclic) bond motifs is 1. The molecule has 1 aromatic carbocycles. The zero-order valence-corrected chi connectivity index (χ0v) is 11.6. The molecule has 5 nitrogen and oxygen atoms in total. The number of carbonyl (C=O) groups is 1. The molecule has 0 radical (unpaired) electrons. The van der Waals surface area contributed by atoms with E-state index in [-0.39, 0.29) is 12.7 Å². The maximum Gasteiger partial charge on any atom is 0.251 e. The summed E-state index contributed by atoms with van der Waals surface area (Å²) in [5, 5.41) is 12.9. The zero-order chi connectivity index (χ0) is 14.3. The van der Waals surface area contributed by atoms with Crippen LogP contribution in [0.5, 0.6) is 11.5 Å². The van der Waals surface area contributed by atoms with E-state index in [9.17, 15) is 9.90 Å². The van der Waals surface area contributed by atoms with Gasteiger partial charge < -0.3 is 19.9 Å². The number of hydrogen-bond acceptors (Lipinski definition) is 4. The van der Waals surface area contributed by atoms with Gasteiger partial charge in [0.15, 0.2) is 11.5 Å². The molecule has 0 atom stereocenters. The molecule has 0 fully saturated rings. The number of carbonyl (C=O) groups excluding carboxylic acids is 1. The van der Waals surface area contributed by atoms with Crippen LogP contribution in [0.2, 0.25) is 0 Å². The topological polar surface area (TPSA) is 67.8 Å². The molecule has 0 bridgehead atoms. The quantitative estimate of drug-likeness (QED) is 0.872. The normalized spacial score (nSPS) is 14.4. The highest BCUT2D eigenvalue weighted by molar-refractivity contribution is 5.95. The lowest BCUT2D eigenvalue weighted by Crippen LogP contribution is -2.57. The fourth-order valence-electron chi connectivity index (χ4n) is 1.55. The summed E-state index contributed by atoms with van der Waals surface area (Å²) in [5.41, 5.74) is -1.30. The standard InChI is InChI=1S/C14H19NO4/c1-13(2,14(3,4)17)15-12(16)9-5-6-10-11(7-9)19-8-18-10/h5-7,17H,8H2,1-4H3,(H,15,16). The molecular weight excluding hydrogens is 246 g/mol. The third kappa shape index (κ3) is 2.66. The lowest BCUT2D eigenvalue weighted by Gasteiger charge is -2.38. The number of hydrogen-bond donors (Lipinski definition) is 2. The van der Waals surface area contributed by atoms with Crippen molar-refractivity contribution >= 4 is 5.91 Å². The number of ether oxygens (including phenoxy) is 2. The number of nitrogens with one attached hydrogen (secondary N) is 1. The smallest absolute Gasteiger partial charge is 0.251 e. The fourth-order valence-corrected chi connectivity index (χ4v) is 1.55. The van der Waals surface area contributed by atoms with E-state index in [1.807, 2.05) is 0 Å². The Bertz CT molecular complexity index is 503. The van der Waals surface area contributed by atoms with Gasteiger partial charge in [-0.25, -0.2) is 0 Å². The molecule has 0 aromatic heterocycles. The van der Waals surface area contributed by atoms with E-state index < -0.39 is 11.1 Å². The minimum atomic E-state index is -1.03. The molecule has 0 saturated carbocycles. The Morgan fingerprint density at radius 1 is 1.21 bits per heavy atom. The Balaban J connectivity index is 2.17. The predicted octanol–water partition coefficient (Wildman–Crippen LogP) is 1.69. The van der Waals surface area contributed by atoms with Gasteiger partial charge in [0.1, 0.15) is 0 Å². The first-order chi connectivity index (χ1) is 8.71. The van der Waals surface area contributed by atoms with Crippen molar-refractivity contribution < 1.29 is 19.4 Å². The van der Waals surface area contributed by atoms with Crippen LogP contribution in [-0.4, -0.2) is 28.9 Å². The minimum absolute atomic E-state index is 0.176. The van der Waals surface area contributed by atoms with E-state index in [2.05, 4.69) is 5.32 Å². The molecule has 0 saturated heterocycles. The van der Waals surface area contributed by atoms with Gasteiger partial charge in [-0.15, -0.1) is 0 Å². The summed E-state index contributed by atoms with van der Waals surface area (Å²) in [7, 11) is 0. The second kappa shape index (κ2) is 4.42.